The van der Waals surface area contributed by atoms with Crippen LogP contribution in [0.3, 0.4) is 0 Å². The van der Waals surface area contributed by atoms with E-state index in [4.69, 9.17) is 18.9 Å². The summed E-state index contributed by atoms with van der Waals surface area (Å²) in [5.74, 6) is -3.00. The maximum Gasteiger partial charge on any atom is 0.335 e. The standard InChI is InChI=1S/C43H66O14/c1-10-21(2)36(53)57-34-33(50)43(20-54-22(3)45)24(17-38(34,4)5)23-11-12-26-39(6)15-14-28(55-37-31(49)29(47)30(48)32(56-37)35(51)52)40(7,19-44)25(39)13-16-41(26,8)42(23,9)18-27(43)46/h10-11,24-34,37,44,46-50H,12-20H2,1-9H3,(H,51,52)/b21-10+/t24-,25+,26+,27-,28-,29-,30-,31+,32-,33-,34-,37+,39-,40-,41+,42+,43-/m0/s1. The zero-order valence-electron chi connectivity index (χ0n) is 34.9. The lowest BCUT2D eigenvalue weighted by Crippen LogP contribution is -2.72. The van der Waals surface area contributed by atoms with E-state index in [1.807, 2.05) is 20.8 Å². The Morgan fingerprint density at radius 2 is 1.58 bits per heavy atom. The molecule has 0 spiro atoms. The number of allylic oxidation sites excluding steroid dienone is 3. The molecule has 0 unspecified atom stereocenters. The molecule has 7 N–H and O–H groups in total. The van der Waals surface area contributed by atoms with E-state index in [-0.39, 0.29) is 42.3 Å². The number of esters is 2. The molecule has 0 amide bonds. The molecular formula is C43H66O14. The summed E-state index contributed by atoms with van der Waals surface area (Å²) in [5, 5.41) is 77.3. The summed E-state index contributed by atoms with van der Waals surface area (Å²) in [6.45, 7) is 16.8. The largest absolute Gasteiger partial charge is 0.479 e. The van der Waals surface area contributed by atoms with Gasteiger partial charge in [-0.1, -0.05) is 59.3 Å². The number of carbonyl (C=O) groups is 3. The zero-order valence-corrected chi connectivity index (χ0v) is 34.9. The van der Waals surface area contributed by atoms with Crippen molar-refractivity contribution in [2.75, 3.05) is 13.2 Å². The maximum atomic E-state index is 13.1. The van der Waals surface area contributed by atoms with Crippen LogP contribution in [0.1, 0.15) is 107 Å². The zero-order chi connectivity index (χ0) is 42.4. The number of carboxylic acids is 1. The highest BCUT2D eigenvalue weighted by Crippen LogP contribution is 2.76. The smallest absolute Gasteiger partial charge is 0.335 e. The number of fused-ring (bicyclic) bond motifs is 7. The molecule has 0 radical (unpaired) electrons. The molecule has 14 nitrogen and oxygen atoms in total. The first-order chi connectivity index (χ1) is 26.4. The first-order valence-corrected chi connectivity index (χ1v) is 20.6. The van der Waals surface area contributed by atoms with Crippen molar-refractivity contribution in [1.82, 2.24) is 0 Å². The minimum absolute atomic E-state index is 0.0834. The van der Waals surface area contributed by atoms with Gasteiger partial charge in [0.05, 0.1) is 24.2 Å². The maximum absolute atomic E-state index is 13.1. The number of aliphatic hydroxyl groups is 6. The van der Waals surface area contributed by atoms with Gasteiger partial charge >= 0.3 is 17.9 Å². The van der Waals surface area contributed by atoms with Crippen molar-refractivity contribution in [2.45, 2.75) is 162 Å². The van der Waals surface area contributed by atoms with E-state index in [1.54, 1.807) is 19.9 Å². The molecule has 17 atom stereocenters. The van der Waals surface area contributed by atoms with Gasteiger partial charge in [0, 0.05) is 23.3 Å². The predicted molar refractivity (Wildman–Crippen MR) is 204 cm³/mol. The van der Waals surface area contributed by atoms with Crippen LogP contribution < -0.4 is 0 Å². The Hall–Kier alpha value is -2.43. The molecule has 1 heterocycles. The molecule has 1 saturated heterocycles. The highest BCUT2D eigenvalue weighted by atomic mass is 16.7. The first-order valence-electron chi connectivity index (χ1n) is 20.6. The molecule has 1 aliphatic heterocycles. The van der Waals surface area contributed by atoms with Crippen LogP contribution in [0.25, 0.3) is 0 Å². The summed E-state index contributed by atoms with van der Waals surface area (Å²) < 4.78 is 23.5. The molecule has 5 fully saturated rings. The summed E-state index contributed by atoms with van der Waals surface area (Å²) in [5.41, 5.74) is -2.67. The second-order valence-electron chi connectivity index (χ2n) is 20.0. The average Bonchev–Trinajstić information content (AvgIpc) is 3.13. The van der Waals surface area contributed by atoms with Crippen molar-refractivity contribution in [3.8, 4) is 0 Å². The van der Waals surface area contributed by atoms with Gasteiger partial charge in [0.1, 0.15) is 37.1 Å². The lowest BCUT2D eigenvalue weighted by atomic mass is 9.33. The molecule has 14 heteroatoms. The average molecular weight is 807 g/mol. The fourth-order valence-electron chi connectivity index (χ4n) is 13.2. The highest BCUT2D eigenvalue weighted by molar-refractivity contribution is 5.87. The van der Waals surface area contributed by atoms with E-state index >= 15 is 0 Å². The van der Waals surface area contributed by atoms with Crippen molar-refractivity contribution in [3.63, 3.8) is 0 Å². The molecule has 4 saturated carbocycles. The van der Waals surface area contributed by atoms with E-state index in [9.17, 15) is 50.1 Å². The van der Waals surface area contributed by atoms with Crippen molar-refractivity contribution in [1.29, 1.82) is 0 Å². The molecular weight excluding hydrogens is 740 g/mol. The monoisotopic (exact) mass is 806 g/mol. The second kappa shape index (κ2) is 14.9. The quantitative estimate of drug-likeness (QED) is 0.0810. The Bertz CT molecular complexity index is 1660. The van der Waals surface area contributed by atoms with Crippen molar-refractivity contribution in [2.24, 2.45) is 50.2 Å². The van der Waals surface area contributed by atoms with E-state index in [2.05, 4.69) is 26.8 Å². The van der Waals surface area contributed by atoms with Gasteiger partial charge in [-0.25, -0.2) is 9.59 Å². The van der Waals surface area contributed by atoms with E-state index in [0.717, 1.165) is 12.0 Å². The number of ether oxygens (including phenoxy) is 4. The van der Waals surface area contributed by atoms with Gasteiger partial charge < -0.3 is 54.7 Å². The van der Waals surface area contributed by atoms with Crippen LogP contribution in [-0.2, 0) is 33.3 Å². The fraction of sp³-hybridized carbons (Fsp3) is 0.837. The van der Waals surface area contributed by atoms with Gasteiger partial charge in [0.2, 0.25) is 0 Å². The predicted octanol–water partition coefficient (Wildman–Crippen LogP) is 3.03. The Morgan fingerprint density at radius 3 is 2.18 bits per heavy atom. The number of aliphatic hydroxyl groups excluding tert-OH is 6. The Kier molecular flexibility index (Phi) is 11.6. The minimum Gasteiger partial charge on any atom is -0.479 e. The van der Waals surface area contributed by atoms with Gasteiger partial charge in [-0.15, -0.1) is 0 Å². The number of hydrogen-bond acceptors (Lipinski definition) is 13. The highest BCUT2D eigenvalue weighted by Gasteiger charge is 2.73. The second-order valence-corrected chi connectivity index (χ2v) is 20.0. The number of carboxylic acid groups (broad SMARTS) is 1. The molecule has 6 aliphatic rings. The van der Waals surface area contributed by atoms with Crippen LogP contribution in [0.5, 0.6) is 0 Å². The van der Waals surface area contributed by atoms with Gasteiger partial charge in [0.25, 0.3) is 0 Å². The molecule has 0 bridgehead atoms. The summed E-state index contributed by atoms with van der Waals surface area (Å²) in [7, 11) is 0. The number of hydrogen-bond donors (Lipinski definition) is 7. The van der Waals surface area contributed by atoms with Crippen molar-refractivity contribution in [3.05, 3.63) is 23.3 Å². The Labute approximate surface area is 335 Å². The van der Waals surface area contributed by atoms with E-state index in [1.165, 1.54) is 6.92 Å². The lowest BCUT2D eigenvalue weighted by Gasteiger charge is -2.72. The van der Waals surface area contributed by atoms with Crippen LogP contribution in [0, 0.1) is 50.2 Å². The van der Waals surface area contributed by atoms with Crippen LogP contribution in [0.15, 0.2) is 23.3 Å². The number of carbonyl (C=O) groups excluding carboxylic acids is 2. The topological polar surface area (TPSA) is 230 Å². The van der Waals surface area contributed by atoms with Gasteiger partial charge in [0.15, 0.2) is 12.4 Å². The van der Waals surface area contributed by atoms with Crippen LogP contribution in [-0.4, -0.2) is 122 Å². The summed E-state index contributed by atoms with van der Waals surface area (Å²) in [6, 6.07) is 0. The lowest BCUT2D eigenvalue weighted by molar-refractivity contribution is -0.328. The number of aliphatic carboxylic acids is 1. The van der Waals surface area contributed by atoms with Crippen molar-refractivity contribution >= 4 is 17.9 Å². The van der Waals surface area contributed by atoms with Crippen LogP contribution in [0.4, 0.5) is 0 Å². The third-order valence-corrected chi connectivity index (χ3v) is 16.8. The van der Waals surface area contributed by atoms with Crippen LogP contribution in [0.2, 0.25) is 0 Å². The SMILES string of the molecule is C/C=C(\C)C(=O)O[C@H]1[C@H](O)[C@]2(COC(C)=O)[C@@H](O)C[C@]3(C)C(=CC[C@@H]4[C@@]5(C)CC[C@H](O[C@@H]6O[C@H](C(=O)O)[C@@H](O)[C@H](O)[C@H]6O)[C@@](C)(CO)[C@@H]5CC[C@]43C)[C@@H]2CC1(C)C. The normalized spacial score (nSPS) is 49.2. The third-order valence-electron chi connectivity index (χ3n) is 16.8. The van der Waals surface area contributed by atoms with Gasteiger partial charge in [-0.2, -0.15) is 0 Å². The molecule has 0 aromatic rings. The molecule has 0 aromatic heterocycles. The summed E-state index contributed by atoms with van der Waals surface area (Å²) in [4.78, 5) is 37.3. The molecule has 6 rings (SSSR count). The molecule has 57 heavy (non-hydrogen) atoms. The van der Waals surface area contributed by atoms with Gasteiger partial charge in [-0.3, -0.25) is 4.79 Å². The molecule has 5 aliphatic carbocycles. The Balaban J connectivity index is 1.35. The van der Waals surface area contributed by atoms with Crippen molar-refractivity contribution < 1.29 is 69.1 Å². The van der Waals surface area contributed by atoms with E-state index in [0.29, 0.717) is 37.7 Å². The summed E-state index contributed by atoms with van der Waals surface area (Å²) >= 11 is 0. The first kappa shape index (κ1) is 44.1. The van der Waals surface area contributed by atoms with Crippen LogP contribution >= 0.6 is 0 Å². The third kappa shape index (κ3) is 6.45. The minimum atomic E-state index is -1.85. The fourth-order valence-corrected chi connectivity index (χ4v) is 13.2. The number of rotatable bonds is 8. The van der Waals surface area contributed by atoms with Gasteiger partial charge in [-0.05, 0) is 92.8 Å². The Morgan fingerprint density at radius 1 is 0.912 bits per heavy atom. The molecule has 322 valence electrons. The molecule has 0 aromatic carbocycles. The van der Waals surface area contributed by atoms with E-state index < -0.39 is 101 Å². The summed E-state index contributed by atoms with van der Waals surface area (Å²) in [6.07, 6.45) is -4.98.